The number of aromatic amines is 1. The summed E-state index contributed by atoms with van der Waals surface area (Å²) in [6.07, 6.45) is 0. The van der Waals surface area contributed by atoms with Gasteiger partial charge in [0, 0.05) is 67.8 Å². The van der Waals surface area contributed by atoms with Crippen LogP contribution in [-0.2, 0) is 16.6 Å². The number of nitrogens with zero attached hydrogens (tertiary/aromatic N) is 4. The first kappa shape index (κ1) is 21.5. The third-order valence-electron chi connectivity index (χ3n) is 6.18. The minimum Gasteiger partial charge on any atom is -0.358 e. The molecular weight excluding hydrogens is 446 g/mol. The van der Waals surface area contributed by atoms with Gasteiger partial charge in [0.1, 0.15) is 10.9 Å². The van der Waals surface area contributed by atoms with Crippen LogP contribution in [0.1, 0.15) is 11.1 Å². The largest absolute Gasteiger partial charge is 0.358 e. The van der Waals surface area contributed by atoms with Crippen molar-refractivity contribution in [2.45, 2.75) is 11.6 Å². The normalized spacial score (nSPS) is 18.4. The van der Waals surface area contributed by atoms with E-state index in [1.54, 1.807) is 28.6 Å². The predicted octanol–water partition coefficient (Wildman–Crippen LogP) is 3.02. The van der Waals surface area contributed by atoms with E-state index in [0.717, 1.165) is 41.9 Å². The third kappa shape index (κ3) is 4.15. The fourth-order valence-electron chi connectivity index (χ4n) is 4.34. The molecule has 3 aromatic rings. The standard InChI is InChI=1S/C23H26ClN5O2S/c1-27-9-8-25-23(27)18-4-2-17(3-5-18)16-28-10-12-29(13-11-28)32(30,31)22-15-19-14-20(24)6-7-21(19)26-22/h2-7,14-15,26H,8-13,16H2,1H3. The summed E-state index contributed by atoms with van der Waals surface area (Å²) in [7, 11) is -1.50. The molecule has 0 saturated carbocycles. The molecule has 3 heterocycles. The Hall–Kier alpha value is -2.39. The second-order valence-electron chi connectivity index (χ2n) is 8.37. The van der Waals surface area contributed by atoms with Crippen molar-refractivity contribution in [1.82, 2.24) is 19.1 Å². The van der Waals surface area contributed by atoms with Crippen molar-refractivity contribution in [2.24, 2.45) is 4.99 Å². The Morgan fingerprint density at radius 1 is 1.00 bits per heavy atom. The van der Waals surface area contributed by atoms with E-state index in [4.69, 9.17) is 11.6 Å². The fourth-order valence-corrected chi connectivity index (χ4v) is 5.96. The van der Waals surface area contributed by atoms with Crippen LogP contribution in [-0.4, -0.2) is 79.7 Å². The number of sulfonamides is 1. The van der Waals surface area contributed by atoms with Gasteiger partial charge in [0.2, 0.25) is 0 Å². The molecule has 0 unspecified atom stereocenters. The molecule has 0 radical (unpaired) electrons. The summed E-state index contributed by atoms with van der Waals surface area (Å²) in [4.78, 5) is 12.1. The Balaban J connectivity index is 1.21. The van der Waals surface area contributed by atoms with E-state index in [9.17, 15) is 8.42 Å². The Morgan fingerprint density at radius 2 is 1.75 bits per heavy atom. The molecule has 2 aliphatic rings. The number of nitrogens with one attached hydrogen (secondary N) is 1. The number of hydrogen-bond donors (Lipinski definition) is 1. The number of benzene rings is 2. The first-order valence-corrected chi connectivity index (χ1v) is 12.6. The molecule has 1 saturated heterocycles. The Bertz CT molecular complexity index is 1260. The smallest absolute Gasteiger partial charge is 0.258 e. The van der Waals surface area contributed by atoms with E-state index < -0.39 is 10.0 Å². The summed E-state index contributed by atoms with van der Waals surface area (Å²) in [5, 5.41) is 1.61. The summed E-state index contributed by atoms with van der Waals surface area (Å²) >= 11 is 6.03. The highest BCUT2D eigenvalue weighted by atomic mass is 35.5. The van der Waals surface area contributed by atoms with Gasteiger partial charge in [0.25, 0.3) is 10.0 Å². The first-order valence-electron chi connectivity index (χ1n) is 10.8. The second-order valence-corrected chi connectivity index (χ2v) is 10.7. The highest BCUT2D eigenvalue weighted by Crippen LogP contribution is 2.25. The number of halogens is 1. The number of likely N-dealkylation sites (N-methyl/N-ethyl adjacent to an activating group) is 1. The summed E-state index contributed by atoms with van der Waals surface area (Å²) in [5.41, 5.74) is 3.13. The average molecular weight is 472 g/mol. The molecule has 2 aromatic carbocycles. The molecule has 32 heavy (non-hydrogen) atoms. The van der Waals surface area contributed by atoms with Crippen molar-refractivity contribution < 1.29 is 8.42 Å². The van der Waals surface area contributed by atoms with Crippen molar-refractivity contribution in [3.05, 3.63) is 64.7 Å². The Labute approximate surface area is 193 Å². The zero-order valence-electron chi connectivity index (χ0n) is 18.0. The van der Waals surface area contributed by atoms with Crippen LogP contribution in [0.4, 0.5) is 0 Å². The molecule has 0 spiro atoms. The predicted molar refractivity (Wildman–Crippen MR) is 128 cm³/mol. The monoisotopic (exact) mass is 471 g/mol. The van der Waals surface area contributed by atoms with Gasteiger partial charge in [-0.1, -0.05) is 35.9 Å². The van der Waals surface area contributed by atoms with Gasteiger partial charge >= 0.3 is 0 Å². The van der Waals surface area contributed by atoms with Crippen LogP contribution in [0.25, 0.3) is 10.9 Å². The molecule has 0 amide bonds. The summed E-state index contributed by atoms with van der Waals surface area (Å²) in [6, 6.07) is 15.5. The van der Waals surface area contributed by atoms with E-state index in [1.807, 2.05) is 0 Å². The van der Waals surface area contributed by atoms with Crippen LogP contribution in [0.2, 0.25) is 5.02 Å². The zero-order valence-corrected chi connectivity index (χ0v) is 19.5. The lowest BCUT2D eigenvalue weighted by Crippen LogP contribution is -2.48. The van der Waals surface area contributed by atoms with Crippen molar-refractivity contribution >= 4 is 38.4 Å². The maximum Gasteiger partial charge on any atom is 0.258 e. The number of fused-ring (bicyclic) bond motifs is 1. The maximum atomic E-state index is 13.1. The molecule has 9 heteroatoms. The van der Waals surface area contributed by atoms with Crippen molar-refractivity contribution in [3.63, 3.8) is 0 Å². The number of amidine groups is 1. The lowest BCUT2D eigenvalue weighted by Gasteiger charge is -2.33. The molecule has 1 aromatic heterocycles. The Morgan fingerprint density at radius 3 is 2.44 bits per heavy atom. The fraction of sp³-hybridized carbons (Fsp3) is 0.348. The molecule has 2 aliphatic heterocycles. The molecule has 1 N–H and O–H groups in total. The van der Waals surface area contributed by atoms with Gasteiger partial charge in [-0.3, -0.25) is 9.89 Å². The molecule has 0 atom stereocenters. The van der Waals surface area contributed by atoms with Crippen molar-refractivity contribution in [1.29, 1.82) is 0 Å². The summed E-state index contributed by atoms with van der Waals surface area (Å²) < 4.78 is 27.8. The van der Waals surface area contributed by atoms with E-state index in [2.05, 4.69) is 51.1 Å². The van der Waals surface area contributed by atoms with Gasteiger partial charge in [0.05, 0.1) is 6.54 Å². The average Bonchev–Trinajstić information content (AvgIpc) is 3.41. The molecule has 0 bridgehead atoms. The molecule has 1 fully saturated rings. The molecule has 0 aliphatic carbocycles. The van der Waals surface area contributed by atoms with Gasteiger partial charge in [-0.05, 0) is 29.8 Å². The van der Waals surface area contributed by atoms with Crippen LogP contribution in [0.3, 0.4) is 0 Å². The highest BCUT2D eigenvalue weighted by Gasteiger charge is 2.29. The molecule has 168 valence electrons. The van der Waals surface area contributed by atoms with E-state index in [0.29, 0.717) is 31.2 Å². The summed E-state index contributed by atoms with van der Waals surface area (Å²) in [6.45, 7) is 4.96. The third-order valence-corrected chi connectivity index (χ3v) is 8.24. The van der Waals surface area contributed by atoms with Crippen LogP contribution in [0.15, 0.2) is 58.5 Å². The maximum absolute atomic E-state index is 13.1. The van der Waals surface area contributed by atoms with E-state index in [-0.39, 0.29) is 5.03 Å². The minimum atomic E-state index is -3.56. The minimum absolute atomic E-state index is 0.221. The zero-order chi connectivity index (χ0) is 22.3. The lowest BCUT2D eigenvalue weighted by molar-refractivity contribution is 0.181. The van der Waals surface area contributed by atoms with Gasteiger partial charge in [-0.2, -0.15) is 4.31 Å². The number of H-pyrrole nitrogens is 1. The number of aromatic nitrogens is 1. The van der Waals surface area contributed by atoms with E-state index in [1.165, 1.54) is 5.56 Å². The lowest BCUT2D eigenvalue weighted by atomic mass is 10.1. The van der Waals surface area contributed by atoms with Crippen LogP contribution in [0.5, 0.6) is 0 Å². The molecule has 7 nitrogen and oxygen atoms in total. The number of piperazine rings is 1. The van der Waals surface area contributed by atoms with Crippen molar-refractivity contribution in [2.75, 3.05) is 46.3 Å². The number of aliphatic imine (C=N–C) groups is 1. The van der Waals surface area contributed by atoms with Gasteiger partial charge in [-0.15, -0.1) is 0 Å². The topological polar surface area (TPSA) is 72.0 Å². The van der Waals surface area contributed by atoms with Gasteiger partial charge in [-0.25, -0.2) is 8.42 Å². The SMILES string of the molecule is CN1CCN=C1c1ccc(CN2CCN(S(=O)(=O)c3cc4cc(Cl)ccc4[nH]3)CC2)cc1. The van der Waals surface area contributed by atoms with Crippen LogP contribution in [0, 0.1) is 0 Å². The number of hydrogen-bond acceptors (Lipinski definition) is 5. The van der Waals surface area contributed by atoms with Gasteiger partial charge in [0.15, 0.2) is 0 Å². The Kier molecular flexibility index (Phi) is 5.71. The van der Waals surface area contributed by atoms with Crippen LogP contribution < -0.4 is 0 Å². The first-order chi connectivity index (χ1) is 15.4. The van der Waals surface area contributed by atoms with Gasteiger partial charge < -0.3 is 9.88 Å². The summed E-state index contributed by atoms with van der Waals surface area (Å²) in [5.74, 6) is 1.05. The van der Waals surface area contributed by atoms with Crippen molar-refractivity contribution in [3.8, 4) is 0 Å². The highest BCUT2D eigenvalue weighted by molar-refractivity contribution is 7.89. The van der Waals surface area contributed by atoms with Crippen LogP contribution >= 0.6 is 11.6 Å². The molecule has 5 rings (SSSR count). The second kappa shape index (κ2) is 8.51. The quantitative estimate of drug-likeness (QED) is 0.621. The van der Waals surface area contributed by atoms with E-state index >= 15 is 0 Å². The number of rotatable bonds is 5. The molecular formula is C23H26ClN5O2S.